The molecule has 0 aliphatic rings. The predicted octanol–water partition coefficient (Wildman–Crippen LogP) is -0.151. The van der Waals surface area contributed by atoms with Crippen molar-refractivity contribution >= 4 is 0 Å². The lowest BCUT2D eigenvalue weighted by Crippen LogP contribution is -2.06. The summed E-state index contributed by atoms with van der Waals surface area (Å²) in [6.45, 7) is 0.534. The van der Waals surface area contributed by atoms with Crippen LogP contribution in [-0.4, -0.2) is 16.5 Å². The van der Waals surface area contributed by atoms with Crippen LogP contribution in [0.1, 0.15) is 11.4 Å². The van der Waals surface area contributed by atoms with Gasteiger partial charge in [-0.15, -0.1) is 0 Å². The molecule has 0 aliphatic heterocycles. The van der Waals surface area contributed by atoms with Crippen molar-refractivity contribution in [2.75, 3.05) is 6.54 Å². The quantitative estimate of drug-likeness (QED) is 0.632. The van der Waals surface area contributed by atoms with Gasteiger partial charge in [0.1, 0.15) is 11.9 Å². The Morgan fingerprint density at radius 1 is 1.45 bits per heavy atom. The van der Waals surface area contributed by atoms with Crippen molar-refractivity contribution in [3.63, 3.8) is 0 Å². The molecular weight excluding hydrogens is 140 g/mol. The zero-order valence-electron chi connectivity index (χ0n) is 5.99. The maximum Gasteiger partial charge on any atom is 0.129 e. The van der Waals surface area contributed by atoms with E-state index in [-0.39, 0.29) is 0 Å². The van der Waals surface area contributed by atoms with Crippen LogP contribution in [0.2, 0.25) is 0 Å². The normalized spacial score (nSPS) is 9.09. The molecule has 1 heterocycles. The lowest BCUT2D eigenvalue weighted by molar-refractivity contribution is 0.865. The van der Waals surface area contributed by atoms with Gasteiger partial charge in [0.2, 0.25) is 0 Å². The molecule has 0 atom stereocenters. The van der Waals surface area contributed by atoms with E-state index in [0.29, 0.717) is 24.4 Å². The van der Waals surface area contributed by atoms with Crippen LogP contribution < -0.4 is 5.73 Å². The minimum Gasteiger partial charge on any atom is -0.330 e. The average Bonchev–Trinajstić information content (AvgIpc) is 2.07. The number of hydrogen-bond acceptors (Lipinski definition) is 4. The van der Waals surface area contributed by atoms with Crippen LogP contribution in [-0.2, 0) is 6.42 Å². The number of nitrogens with zero attached hydrogens (tertiary/aromatic N) is 3. The van der Waals surface area contributed by atoms with E-state index in [1.165, 1.54) is 12.4 Å². The summed E-state index contributed by atoms with van der Waals surface area (Å²) in [6.07, 6.45) is 3.65. The zero-order chi connectivity index (χ0) is 8.10. The molecule has 56 valence electrons. The van der Waals surface area contributed by atoms with E-state index in [4.69, 9.17) is 11.0 Å². The Morgan fingerprint density at radius 2 is 2.09 bits per heavy atom. The number of aromatic nitrogens is 2. The second kappa shape index (κ2) is 3.64. The minimum atomic E-state index is 0.478. The summed E-state index contributed by atoms with van der Waals surface area (Å²) in [5.74, 6) is 0.687. The van der Waals surface area contributed by atoms with E-state index < -0.39 is 0 Å². The number of nitrogens with two attached hydrogens (primary N) is 1. The van der Waals surface area contributed by atoms with Crippen LogP contribution in [0.15, 0.2) is 12.4 Å². The first-order chi connectivity index (χ1) is 5.36. The van der Waals surface area contributed by atoms with Gasteiger partial charge >= 0.3 is 0 Å². The third kappa shape index (κ3) is 1.99. The molecule has 1 aromatic heterocycles. The minimum absolute atomic E-state index is 0.478. The molecule has 0 amide bonds. The summed E-state index contributed by atoms with van der Waals surface area (Å²) in [6, 6.07) is 1.94. The SMILES string of the molecule is N#Cc1cnc(CCN)nc1. The van der Waals surface area contributed by atoms with E-state index in [1.807, 2.05) is 6.07 Å². The van der Waals surface area contributed by atoms with Crippen LogP contribution in [0.25, 0.3) is 0 Å². The van der Waals surface area contributed by atoms with Gasteiger partial charge in [0.15, 0.2) is 0 Å². The summed E-state index contributed by atoms with van der Waals surface area (Å²) in [4.78, 5) is 7.85. The first-order valence-corrected chi connectivity index (χ1v) is 3.28. The Morgan fingerprint density at radius 3 is 2.55 bits per heavy atom. The number of hydrogen-bond donors (Lipinski definition) is 1. The van der Waals surface area contributed by atoms with E-state index >= 15 is 0 Å². The Balaban J connectivity index is 2.76. The summed E-state index contributed by atoms with van der Waals surface area (Å²) < 4.78 is 0. The molecule has 0 aromatic carbocycles. The van der Waals surface area contributed by atoms with Gasteiger partial charge in [-0.05, 0) is 6.54 Å². The smallest absolute Gasteiger partial charge is 0.129 e. The molecule has 0 bridgehead atoms. The van der Waals surface area contributed by atoms with E-state index in [0.717, 1.165) is 0 Å². The zero-order valence-corrected chi connectivity index (χ0v) is 5.99. The summed E-state index contributed by atoms with van der Waals surface area (Å²) >= 11 is 0. The van der Waals surface area contributed by atoms with Gasteiger partial charge in [-0.1, -0.05) is 0 Å². The predicted molar refractivity (Wildman–Crippen MR) is 39.5 cm³/mol. The third-order valence-corrected chi connectivity index (χ3v) is 1.20. The van der Waals surface area contributed by atoms with Crippen molar-refractivity contribution in [1.82, 2.24) is 9.97 Å². The largest absolute Gasteiger partial charge is 0.330 e. The van der Waals surface area contributed by atoms with Gasteiger partial charge in [-0.25, -0.2) is 9.97 Å². The van der Waals surface area contributed by atoms with Gasteiger partial charge in [0.25, 0.3) is 0 Å². The van der Waals surface area contributed by atoms with Crippen LogP contribution in [0, 0.1) is 11.3 Å². The first-order valence-electron chi connectivity index (χ1n) is 3.28. The van der Waals surface area contributed by atoms with Crippen molar-refractivity contribution in [3.05, 3.63) is 23.8 Å². The molecule has 0 saturated heterocycles. The highest BCUT2D eigenvalue weighted by molar-refractivity contribution is 5.21. The molecule has 4 heteroatoms. The van der Waals surface area contributed by atoms with Crippen molar-refractivity contribution in [2.45, 2.75) is 6.42 Å². The van der Waals surface area contributed by atoms with Crippen LogP contribution in [0.5, 0.6) is 0 Å². The Hall–Kier alpha value is -1.47. The topological polar surface area (TPSA) is 75.6 Å². The van der Waals surface area contributed by atoms with Crippen molar-refractivity contribution in [3.8, 4) is 6.07 Å². The maximum atomic E-state index is 8.40. The Labute approximate surface area is 64.7 Å². The van der Waals surface area contributed by atoms with Crippen LogP contribution in [0.4, 0.5) is 0 Å². The molecule has 1 rings (SSSR count). The molecular formula is C7H8N4. The Bertz CT molecular complexity index is 259. The fourth-order valence-corrected chi connectivity index (χ4v) is 0.671. The lowest BCUT2D eigenvalue weighted by atomic mass is 10.3. The fraction of sp³-hybridized carbons (Fsp3) is 0.286. The summed E-state index contributed by atoms with van der Waals surface area (Å²) in [7, 11) is 0. The molecule has 2 N–H and O–H groups in total. The van der Waals surface area contributed by atoms with Crippen LogP contribution >= 0.6 is 0 Å². The fourth-order valence-electron chi connectivity index (χ4n) is 0.671. The molecule has 4 nitrogen and oxygen atoms in total. The molecule has 0 fully saturated rings. The molecule has 0 radical (unpaired) electrons. The second-order valence-corrected chi connectivity index (χ2v) is 2.04. The number of nitriles is 1. The van der Waals surface area contributed by atoms with Crippen molar-refractivity contribution in [1.29, 1.82) is 5.26 Å². The Kier molecular flexibility index (Phi) is 2.53. The van der Waals surface area contributed by atoms with Gasteiger partial charge in [-0.2, -0.15) is 5.26 Å². The van der Waals surface area contributed by atoms with Gasteiger partial charge in [-0.3, -0.25) is 0 Å². The highest BCUT2D eigenvalue weighted by atomic mass is 14.9. The third-order valence-electron chi connectivity index (χ3n) is 1.20. The first kappa shape index (κ1) is 7.63. The average molecular weight is 148 g/mol. The summed E-state index contributed by atoms with van der Waals surface area (Å²) in [5, 5.41) is 8.40. The summed E-state index contributed by atoms with van der Waals surface area (Å²) in [5.41, 5.74) is 5.76. The molecule has 0 aliphatic carbocycles. The molecule has 0 spiro atoms. The monoisotopic (exact) mass is 148 g/mol. The van der Waals surface area contributed by atoms with Crippen molar-refractivity contribution in [2.24, 2.45) is 5.73 Å². The molecule has 0 unspecified atom stereocenters. The standard InChI is InChI=1S/C7H8N4/c8-2-1-7-10-4-6(3-9)5-11-7/h4-5H,1-2,8H2. The van der Waals surface area contributed by atoms with E-state index in [1.54, 1.807) is 0 Å². The highest BCUT2D eigenvalue weighted by Gasteiger charge is 1.94. The highest BCUT2D eigenvalue weighted by Crippen LogP contribution is 1.93. The van der Waals surface area contributed by atoms with Gasteiger partial charge < -0.3 is 5.73 Å². The van der Waals surface area contributed by atoms with Gasteiger partial charge in [0, 0.05) is 18.8 Å². The van der Waals surface area contributed by atoms with Crippen LogP contribution in [0.3, 0.4) is 0 Å². The molecule has 1 aromatic rings. The van der Waals surface area contributed by atoms with Crippen molar-refractivity contribution < 1.29 is 0 Å². The van der Waals surface area contributed by atoms with E-state index in [2.05, 4.69) is 9.97 Å². The van der Waals surface area contributed by atoms with E-state index in [9.17, 15) is 0 Å². The number of rotatable bonds is 2. The molecule has 11 heavy (non-hydrogen) atoms. The second-order valence-electron chi connectivity index (χ2n) is 2.04. The lowest BCUT2D eigenvalue weighted by Gasteiger charge is -1.94. The maximum absolute atomic E-state index is 8.40. The van der Waals surface area contributed by atoms with Gasteiger partial charge in [0.05, 0.1) is 5.56 Å². The molecule has 0 saturated carbocycles.